The van der Waals surface area contributed by atoms with Gasteiger partial charge in [-0.2, -0.15) is 0 Å². The number of benzene rings is 1. The molecule has 2 aromatic rings. The van der Waals surface area contributed by atoms with E-state index in [0.717, 1.165) is 18.5 Å². The quantitative estimate of drug-likeness (QED) is 0.918. The minimum absolute atomic E-state index is 0. The van der Waals surface area contributed by atoms with E-state index in [4.69, 9.17) is 4.74 Å². The molecule has 0 aliphatic carbocycles. The van der Waals surface area contributed by atoms with Crippen molar-refractivity contribution in [1.82, 2.24) is 14.8 Å². The second-order valence-corrected chi connectivity index (χ2v) is 5.46. The number of halogens is 1. The second kappa shape index (κ2) is 8.06. The Morgan fingerprint density at radius 2 is 2.00 bits per heavy atom. The predicted octanol–water partition coefficient (Wildman–Crippen LogP) is 3.14. The molecule has 122 valence electrons. The maximum atomic E-state index is 11.8. The normalized spacial score (nSPS) is 10.6. The SMILES string of the molecule is CCN(C)C(=O)Oc1ccc2c(CCN(C)C)c[nH]c2c1.Cl. The van der Waals surface area contributed by atoms with Gasteiger partial charge in [0.25, 0.3) is 0 Å². The molecule has 2 rings (SSSR count). The van der Waals surface area contributed by atoms with Gasteiger partial charge in [0, 0.05) is 43.3 Å². The number of likely N-dealkylation sites (N-methyl/N-ethyl adjacent to an activating group) is 1. The van der Waals surface area contributed by atoms with Crippen LogP contribution in [0.2, 0.25) is 0 Å². The van der Waals surface area contributed by atoms with Gasteiger partial charge < -0.3 is 19.5 Å². The zero-order chi connectivity index (χ0) is 15.4. The van der Waals surface area contributed by atoms with Crippen LogP contribution in [0.15, 0.2) is 24.4 Å². The van der Waals surface area contributed by atoms with Gasteiger partial charge in [0.1, 0.15) is 5.75 Å². The number of nitrogens with zero attached hydrogens (tertiary/aromatic N) is 2. The molecule has 1 heterocycles. The van der Waals surface area contributed by atoms with E-state index in [1.165, 1.54) is 15.8 Å². The molecule has 0 aliphatic rings. The smallest absolute Gasteiger partial charge is 0.410 e. The van der Waals surface area contributed by atoms with Crippen LogP contribution in [0.5, 0.6) is 5.75 Å². The van der Waals surface area contributed by atoms with Gasteiger partial charge in [-0.05, 0) is 45.1 Å². The molecule has 6 heteroatoms. The van der Waals surface area contributed by atoms with Crippen molar-refractivity contribution in [3.8, 4) is 5.75 Å². The van der Waals surface area contributed by atoms with Gasteiger partial charge in [0.2, 0.25) is 0 Å². The molecule has 0 atom stereocenters. The summed E-state index contributed by atoms with van der Waals surface area (Å²) in [7, 11) is 5.85. The Labute approximate surface area is 137 Å². The number of amides is 1. The summed E-state index contributed by atoms with van der Waals surface area (Å²) in [5.74, 6) is 0.564. The van der Waals surface area contributed by atoms with Crippen LogP contribution in [0, 0.1) is 0 Å². The average molecular weight is 326 g/mol. The average Bonchev–Trinajstić information content (AvgIpc) is 2.86. The lowest BCUT2D eigenvalue weighted by Gasteiger charge is -2.14. The van der Waals surface area contributed by atoms with Crippen LogP contribution in [-0.4, -0.2) is 55.1 Å². The van der Waals surface area contributed by atoms with Crippen molar-refractivity contribution in [3.05, 3.63) is 30.0 Å². The number of nitrogens with one attached hydrogen (secondary N) is 1. The van der Waals surface area contributed by atoms with E-state index in [-0.39, 0.29) is 18.5 Å². The van der Waals surface area contributed by atoms with E-state index >= 15 is 0 Å². The third-order valence-corrected chi connectivity index (χ3v) is 3.56. The first kappa shape index (κ1) is 18.3. The first-order chi connectivity index (χ1) is 10.0. The van der Waals surface area contributed by atoms with E-state index in [1.54, 1.807) is 7.05 Å². The molecular weight excluding hydrogens is 302 g/mol. The Bertz CT molecular complexity index is 625. The van der Waals surface area contributed by atoms with Gasteiger partial charge in [-0.1, -0.05) is 0 Å². The fraction of sp³-hybridized carbons (Fsp3) is 0.438. The van der Waals surface area contributed by atoms with Crippen molar-refractivity contribution in [1.29, 1.82) is 0 Å². The molecule has 0 bridgehead atoms. The van der Waals surface area contributed by atoms with Crippen molar-refractivity contribution < 1.29 is 9.53 Å². The number of carbonyl (C=O) groups excluding carboxylic acids is 1. The van der Waals surface area contributed by atoms with Crippen LogP contribution >= 0.6 is 12.4 Å². The maximum Gasteiger partial charge on any atom is 0.414 e. The Morgan fingerprint density at radius 1 is 1.27 bits per heavy atom. The number of aromatic nitrogens is 1. The van der Waals surface area contributed by atoms with Gasteiger partial charge in [0.15, 0.2) is 0 Å². The molecular formula is C16H24ClN3O2. The first-order valence-corrected chi connectivity index (χ1v) is 7.19. The fourth-order valence-corrected chi connectivity index (χ4v) is 2.09. The van der Waals surface area contributed by atoms with Crippen molar-refractivity contribution in [2.24, 2.45) is 0 Å². The molecule has 1 amide bonds. The van der Waals surface area contributed by atoms with E-state index in [1.807, 2.05) is 31.3 Å². The Kier molecular flexibility index (Phi) is 6.71. The minimum atomic E-state index is -0.337. The molecule has 0 radical (unpaired) electrons. The molecule has 0 aliphatic heterocycles. The number of aromatic amines is 1. The first-order valence-electron chi connectivity index (χ1n) is 7.19. The summed E-state index contributed by atoms with van der Waals surface area (Å²) in [4.78, 5) is 18.7. The van der Waals surface area contributed by atoms with Gasteiger partial charge in [0.05, 0.1) is 0 Å². The lowest BCUT2D eigenvalue weighted by atomic mass is 10.1. The summed E-state index contributed by atoms with van der Waals surface area (Å²) in [6.45, 7) is 3.54. The molecule has 0 unspecified atom stereocenters. The number of ether oxygens (including phenoxy) is 1. The lowest BCUT2D eigenvalue weighted by molar-refractivity contribution is 0.165. The lowest BCUT2D eigenvalue weighted by Crippen LogP contribution is -2.29. The third kappa shape index (κ3) is 4.39. The second-order valence-electron chi connectivity index (χ2n) is 5.46. The summed E-state index contributed by atoms with van der Waals surface area (Å²) in [5.41, 5.74) is 2.27. The van der Waals surface area contributed by atoms with Crippen LogP contribution in [0.25, 0.3) is 10.9 Å². The molecule has 0 saturated carbocycles. The highest BCUT2D eigenvalue weighted by atomic mass is 35.5. The van der Waals surface area contributed by atoms with Crippen LogP contribution in [0.3, 0.4) is 0 Å². The Balaban J connectivity index is 0.00000242. The molecule has 1 N–H and O–H groups in total. The molecule has 1 aromatic heterocycles. The number of hydrogen-bond donors (Lipinski definition) is 1. The van der Waals surface area contributed by atoms with Crippen molar-refractivity contribution in [2.75, 3.05) is 34.2 Å². The molecule has 0 fully saturated rings. The van der Waals surface area contributed by atoms with Gasteiger partial charge in [-0.25, -0.2) is 4.79 Å². The molecule has 5 nitrogen and oxygen atoms in total. The molecule has 0 saturated heterocycles. The summed E-state index contributed by atoms with van der Waals surface area (Å²) < 4.78 is 5.34. The van der Waals surface area contributed by atoms with Crippen LogP contribution in [0.4, 0.5) is 4.79 Å². The van der Waals surface area contributed by atoms with Crippen LogP contribution in [0.1, 0.15) is 12.5 Å². The van der Waals surface area contributed by atoms with Crippen LogP contribution < -0.4 is 4.74 Å². The summed E-state index contributed by atoms with van der Waals surface area (Å²) in [5, 5.41) is 1.18. The van der Waals surface area contributed by atoms with E-state index < -0.39 is 0 Å². The highest BCUT2D eigenvalue weighted by Gasteiger charge is 2.11. The van der Waals surface area contributed by atoms with Crippen molar-refractivity contribution >= 4 is 29.4 Å². The molecule has 0 spiro atoms. The Hall–Kier alpha value is -1.72. The summed E-state index contributed by atoms with van der Waals surface area (Å²) in [6, 6.07) is 5.72. The number of rotatable bonds is 5. The number of H-pyrrole nitrogens is 1. The van der Waals surface area contributed by atoms with Gasteiger partial charge in [-0.3, -0.25) is 0 Å². The minimum Gasteiger partial charge on any atom is -0.410 e. The molecule has 1 aromatic carbocycles. The topological polar surface area (TPSA) is 48.6 Å². The summed E-state index contributed by atoms with van der Waals surface area (Å²) in [6.07, 6.45) is 2.68. The Morgan fingerprint density at radius 3 is 2.64 bits per heavy atom. The van der Waals surface area contributed by atoms with Gasteiger partial charge in [-0.15, -0.1) is 12.4 Å². The maximum absolute atomic E-state index is 11.8. The van der Waals surface area contributed by atoms with E-state index in [2.05, 4.69) is 24.0 Å². The van der Waals surface area contributed by atoms with Crippen LogP contribution in [-0.2, 0) is 6.42 Å². The fourth-order valence-electron chi connectivity index (χ4n) is 2.09. The van der Waals surface area contributed by atoms with Crippen molar-refractivity contribution in [3.63, 3.8) is 0 Å². The standard InChI is InChI=1S/C16H23N3O2.ClH/c1-5-19(4)16(20)21-13-6-7-14-12(8-9-18(2)3)11-17-15(14)10-13;/h6-7,10-11,17H,5,8-9H2,1-4H3;1H. The van der Waals surface area contributed by atoms with E-state index in [0.29, 0.717) is 12.3 Å². The zero-order valence-corrected chi connectivity index (χ0v) is 14.4. The monoisotopic (exact) mass is 325 g/mol. The largest absolute Gasteiger partial charge is 0.414 e. The number of carbonyl (C=O) groups is 1. The number of fused-ring (bicyclic) bond motifs is 1. The predicted molar refractivity (Wildman–Crippen MR) is 92.1 cm³/mol. The molecule has 22 heavy (non-hydrogen) atoms. The highest BCUT2D eigenvalue weighted by Crippen LogP contribution is 2.24. The number of hydrogen-bond acceptors (Lipinski definition) is 3. The highest BCUT2D eigenvalue weighted by molar-refractivity contribution is 5.85. The summed E-state index contributed by atoms with van der Waals surface area (Å²) >= 11 is 0. The third-order valence-electron chi connectivity index (χ3n) is 3.56. The van der Waals surface area contributed by atoms with E-state index in [9.17, 15) is 4.79 Å². The van der Waals surface area contributed by atoms with Gasteiger partial charge >= 0.3 is 6.09 Å². The van der Waals surface area contributed by atoms with Crippen molar-refractivity contribution in [2.45, 2.75) is 13.3 Å². The zero-order valence-electron chi connectivity index (χ0n) is 13.5.